The maximum Gasteiger partial charge on any atom is 0.00698 e. The molecule has 2 fully saturated rings. The Kier molecular flexibility index (Phi) is 4.26. The molecule has 1 aliphatic carbocycles. The van der Waals surface area contributed by atoms with E-state index in [-0.39, 0.29) is 0 Å². The highest BCUT2D eigenvalue weighted by molar-refractivity contribution is 4.86. The highest BCUT2D eigenvalue weighted by Gasteiger charge is 2.32. The van der Waals surface area contributed by atoms with Gasteiger partial charge in [-0.3, -0.25) is 4.90 Å². The van der Waals surface area contributed by atoms with Gasteiger partial charge >= 0.3 is 0 Å². The minimum absolute atomic E-state index is 0.794. The standard InChI is InChI=1S/C14H28N2/c1-11-5-3-6-12(2)16(11)10-14-8-4-7-13(14)9-15/h11-14H,3-10,15H2,1-2H3/t11-,12+,13?,14?. The second-order valence-corrected chi connectivity index (χ2v) is 6.01. The van der Waals surface area contributed by atoms with E-state index in [2.05, 4.69) is 18.7 Å². The summed E-state index contributed by atoms with van der Waals surface area (Å²) in [5, 5.41) is 0. The number of nitrogens with two attached hydrogens (primary N) is 1. The third-order valence-electron chi connectivity index (χ3n) is 4.94. The fourth-order valence-electron chi connectivity index (χ4n) is 3.77. The summed E-state index contributed by atoms with van der Waals surface area (Å²) in [4.78, 5) is 2.75. The van der Waals surface area contributed by atoms with Crippen LogP contribution in [0.4, 0.5) is 0 Å². The Hall–Kier alpha value is -0.0800. The topological polar surface area (TPSA) is 29.3 Å². The minimum atomic E-state index is 0.794. The van der Waals surface area contributed by atoms with Gasteiger partial charge in [0.1, 0.15) is 0 Å². The summed E-state index contributed by atoms with van der Waals surface area (Å²) in [5.74, 6) is 1.69. The van der Waals surface area contributed by atoms with Crippen LogP contribution >= 0.6 is 0 Å². The lowest BCUT2D eigenvalue weighted by Crippen LogP contribution is -2.46. The Morgan fingerprint density at radius 1 is 0.938 bits per heavy atom. The van der Waals surface area contributed by atoms with Crippen molar-refractivity contribution in [3.63, 3.8) is 0 Å². The molecule has 4 atom stereocenters. The Bertz CT molecular complexity index is 207. The fourth-order valence-corrected chi connectivity index (χ4v) is 3.77. The van der Waals surface area contributed by atoms with Crippen LogP contribution in [0.25, 0.3) is 0 Å². The average Bonchev–Trinajstić information content (AvgIpc) is 2.71. The number of hydrogen-bond acceptors (Lipinski definition) is 2. The second-order valence-electron chi connectivity index (χ2n) is 6.01. The summed E-state index contributed by atoms with van der Waals surface area (Å²) >= 11 is 0. The van der Waals surface area contributed by atoms with Gasteiger partial charge in [0.15, 0.2) is 0 Å². The molecule has 0 amide bonds. The van der Waals surface area contributed by atoms with Crippen molar-refractivity contribution < 1.29 is 0 Å². The van der Waals surface area contributed by atoms with Crippen molar-refractivity contribution in [3.05, 3.63) is 0 Å². The first-order valence-electron chi connectivity index (χ1n) is 7.18. The van der Waals surface area contributed by atoms with Crippen molar-refractivity contribution in [1.82, 2.24) is 4.90 Å². The number of nitrogens with zero attached hydrogens (tertiary/aromatic N) is 1. The first-order chi connectivity index (χ1) is 7.72. The second kappa shape index (κ2) is 5.50. The molecular formula is C14H28N2. The van der Waals surface area contributed by atoms with Crippen molar-refractivity contribution in [2.24, 2.45) is 17.6 Å². The molecule has 2 N–H and O–H groups in total. The molecule has 2 unspecified atom stereocenters. The Balaban J connectivity index is 1.91. The van der Waals surface area contributed by atoms with E-state index in [1.165, 1.54) is 45.1 Å². The Morgan fingerprint density at radius 3 is 2.12 bits per heavy atom. The number of piperidine rings is 1. The summed E-state index contributed by atoms with van der Waals surface area (Å²) in [6, 6.07) is 1.59. The minimum Gasteiger partial charge on any atom is -0.330 e. The normalized spacial score (nSPS) is 41.4. The van der Waals surface area contributed by atoms with Crippen molar-refractivity contribution in [2.45, 2.75) is 64.5 Å². The molecule has 2 nitrogen and oxygen atoms in total. The number of likely N-dealkylation sites (tertiary alicyclic amines) is 1. The number of hydrogen-bond donors (Lipinski definition) is 1. The van der Waals surface area contributed by atoms with Crippen LogP contribution in [0.5, 0.6) is 0 Å². The monoisotopic (exact) mass is 224 g/mol. The third kappa shape index (κ3) is 2.60. The van der Waals surface area contributed by atoms with E-state index in [0.29, 0.717) is 0 Å². The van der Waals surface area contributed by atoms with Gasteiger partial charge in [-0.1, -0.05) is 12.8 Å². The third-order valence-corrected chi connectivity index (χ3v) is 4.94. The molecule has 1 saturated carbocycles. The maximum absolute atomic E-state index is 5.88. The van der Waals surface area contributed by atoms with E-state index in [1.807, 2.05) is 0 Å². The van der Waals surface area contributed by atoms with Crippen LogP contribution in [0.2, 0.25) is 0 Å². The van der Waals surface area contributed by atoms with Crippen molar-refractivity contribution in [3.8, 4) is 0 Å². The predicted octanol–water partition coefficient (Wildman–Crippen LogP) is 2.62. The zero-order valence-electron chi connectivity index (χ0n) is 11.0. The van der Waals surface area contributed by atoms with E-state index >= 15 is 0 Å². The largest absolute Gasteiger partial charge is 0.330 e. The van der Waals surface area contributed by atoms with E-state index in [0.717, 1.165) is 30.5 Å². The van der Waals surface area contributed by atoms with E-state index < -0.39 is 0 Å². The zero-order chi connectivity index (χ0) is 11.5. The molecule has 1 saturated heterocycles. The molecule has 2 aliphatic rings. The van der Waals surface area contributed by atoms with Crippen molar-refractivity contribution in [1.29, 1.82) is 0 Å². The van der Waals surface area contributed by atoms with Gasteiger partial charge in [0.05, 0.1) is 0 Å². The summed E-state index contributed by atoms with van der Waals surface area (Å²) in [5.41, 5.74) is 5.88. The van der Waals surface area contributed by atoms with Gasteiger partial charge in [0.25, 0.3) is 0 Å². The summed E-state index contributed by atoms with van der Waals surface area (Å²) < 4.78 is 0. The smallest absolute Gasteiger partial charge is 0.00698 e. The fraction of sp³-hybridized carbons (Fsp3) is 1.00. The Morgan fingerprint density at radius 2 is 1.50 bits per heavy atom. The van der Waals surface area contributed by atoms with Crippen molar-refractivity contribution in [2.75, 3.05) is 13.1 Å². The van der Waals surface area contributed by atoms with E-state index in [4.69, 9.17) is 5.73 Å². The number of rotatable bonds is 3. The van der Waals surface area contributed by atoms with E-state index in [1.54, 1.807) is 0 Å². The Labute approximate surface area is 101 Å². The van der Waals surface area contributed by atoms with Crippen molar-refractivity contribution >= 4 is 0 Å². The van der Waals surface area contributed by atoms with Crippen LogP contribution in [-0.2, 0) is 0 Å². The molecule has 0 aromatic rings. The van der Waals surface area contributed by atoms with Gasteiger partial charge in [-0.2, -0.15) is 0 Å². The molecular weight excluding hydrogens is 196 g/mol. The van der Waals surface area contributed by atoms with Gasteiger partial charge in [0, 0.05) is 18.6 Å². The average molecular weight is 224 g/mol. The first-order valence-corrected chi connectivity index (χ1v) is 7.18. The molecule has 0 spiro atoms. The van der Waals surface area contributed by atoms with Gasteiger partial charge in [-0.15, -0.1) is 0 Å². The highest BCUT2D eigenvalue weighted by atomic mass is 15.2. The van der Waals surface area contributed by atoms with Crippen LogP contribution < -0.4 is 5.73 Å². The lowest BCUT2D eigenvalue weighted by Gasteiger charge is -2.41. The highest BCUT2D eigenvalue weighted by Crippen LogP contribution is 2.34. The molecule has 0 aromatic carbocycles. The van der Waals surface area contributed by atoms with Gasteiger partial charge in [0.2, 0.25) is 0 Å². The summed E-state index contributed by atoms with van der Waals surface area (Å²) in [6.07, 6.45) is 8.40. The molecule has 2 rings (SSSR count). The molecule has 2 heteroatoms. The molecule has 16 heavy (non-hydrogen) atoms. The summed E-state index contributed by atoms with van der Waals surface area (Å²) in [7, 11) is 0. The van der Waals surface area contributed by atoms with Gasteiger partial charge < -0.3 is 5.73 Å². The van der Waals surface area contributed by atoms with Crippen LogP contribution in [0.15, 0.2) is 0 Å². The summed E-state index contributed by atoms with van der Waals surface area (Å²) in [6.45, 7) is 7.02. The molecule has 0 aromatic heterocycles. The van der Waals surface area contributed by atoms with Crippen LogP contribution in [0.3, 0.4) is 0 Å². The molecule has 1 aliphatic heterocycles. The molecule has 0 radical (unpaired) electrons. The van der Waals surface area contributed by atoms with Gasteiger partial charge in [-0.05, 0) is 57.9 Å². The van der Waals surface area contributed by atoms with E-state index in [9.17, 15) is 0 Å². The zero-order valence-corrected chi connectivity index (χ0v) is 11.0. The first kappa shape index (κ1) is 12.4. The van der Waals surface area contributed by atoms with Crippen LogP contribution in [-0.4, -0.2) is 30.1 Å². The van der Waals surface area contributed by atoms with Gasteiger partial charge in [-0.25, -0.2) is 0 Å². The maximum atomic E-state index is 5.88. The lowest BCUT2D eigenvalue weighted by atomic mass is 9.91. The molecule has 0 bridgehead atoms. The molecule has 1 heterocycles. The predicted molar refractivity (Wildman–Crippen MR) is 69.4 cm³/mol. The van der Waals surface area contributed by atoms with Crippen LogP contribution in [0, 0.1) is 11.8 Å². The van der Waals surface area contributed by atoms with Crippen LogP contribution in [0.1, 0.15) is 52.4 Å². The quantitative estimate of drug-likeness (QED) is 0.798. The SMILES string of the molecule is C[C@@H]1CCC[C@H](C)N1CC1CCCC1CN. The lowest BCUT2D eigenvalue weighted by molar-refractivity contribution is 0.0764. The molecule has 94 valence electrons.